The SMILES string of the molecule is Nc1c(CBr)ncc([N+](=O)[O-])c1C(F)F. The number of pyridine rings is 1. The Morgan fingerprint density at radius 3 is 2.67 bits per heavy atom. The van der Waals surface area contributed by atoms with E-state index in [0.717, 1.165) is 6.20 Å². The molecule has 8 heteroatoms. The summed E-state index contributed by atoms with van der Waals surface area (Å²) in [5, 5.41) is 10.6. The van der Waals surface area contributed by atoms with Gasteiger partial charge in [-0.25, -0.2) is 8.78 Å². The number of nitro groups is 1. The van der Waals surface area contributed by atoms with Crippen LogP contribution in [-0.2, 0) is 5.33 Å². The lowest BCUT2D eigenvalue weighted by Crippen LogP contribution is -2.06. The molecule has 0 atom stereocenters. The average molecular weight is 282 g/mol. The van der Waals surface area contributed by atoms with Gasteiger partial charge in [0.05, 0.1) is 16.3 Å². The van der Waals surface area contributed by atoms with Gasteiger partial charge in [0.2, 0.25) is 0 Å². The van der Waals surface area contributed by atoms with Crippen LogP contribution in [0.5, 0.6) is 0 Å². The number of anilines is 1. The molecule has 2 N–H and O–H groups in total. The topological polar surface area (TPSA) is 82.0 Å². The molecule has 0 unspecified atom stereocenters. The molecule has 0 spiro atoms. The quantitative estimate of drug-likeness (QED) is 0.524. The van der Waals surface area contributed by atoms with Crippen LogP contribution in [0.4, 0.5) is 20.2 Å². The van der Waals surface area contributed by atoms with Crippen molar-refractivity contribution in [3.05, 3.63) is 27.6 Å². The molecule has 0 saturated heterocycles. The van der Waals surface area contributed by atoms with Crippen LogP contribution in [0.2, 0.25) is 0 Å². The number of nitrogens with two attached hydrogens (primary N) is 1. The monoisotopic (exact) mass is 281 g/mol. The van der Waals surface area contributed by atoms with Crippen molar-refractivity contribution in [2.45, 2.75) is 11.8 Å². The summed E-state index contributed by atoms with van der Waals surface area (Å²) in [5.74, 6) is 0. The van der Waals surface area contributed by atoms with Crippen LogP contribution in [-0.4, -0.2) is 9.91 Å². The lowest BCUT2D eigenvalue weighted by molar-refractivity contribution is -0.386. The van der Waals surface area contributed by atoms with Crippen LogP contribution in [0.1, 0.15) is 17.7 Å². The predicted molar refractivity (Wildman–Crippen MR) is 52.9 cm³/mol. The molecule has 1 aromatic rings. The number of rotatable bonds is 3. The van der Waals surface area contributed by atoms with E-state index >= 15 is 0 Å². The van der Waals surface area contributed by atoms with Crippen LogP contribution < -0.4 is 5.73 Å². The first-order valence-corrected chi connectivity index (χ1v) is 4.87. The number of halogens is 3. The van der Waals surface area contributed by atoms with Gasteiger partial charge in [0.25, 0.3) is 12.1 Å². The van der Waals surface area contributed by atoms with E-state index in [1.165, 1.54) is 0 Å². The van der Waals surface area contributed by atoms with Gasteiger partial charge in [-0.05, 0) is 0 Å². The molecule has 15 heavy (non-hydrogen) atoms. The Morgan fingerprint density at radius 2 is 2.27 bits per heavy atom. The third-order valence-corrected chi connectivity index (χ3v) is 2.29. The van der Waals surface area contributed by atoms with E-state index < -0.39 is 22.6 Å². The Bertz CT molecular complexity index is 400. The number of hydrogen-bond donors (Lipinski definition) is 1. The normalized spacial score (nSPS) is 10.7. The minimum Gasteiger partial charge on any atom is -0.397 e. The number of nitrogen functional groups attached to an aromatic ring is 1. The lowest BCUT2D eigenvalue weighted by atomic mass is 10.1. The second-order valence-electron chi connectivity index (χ2n) is 2.61. The number of aromatic nitrogens is 1. The zero-order valence-corrected chi connectivity index (χ0v) is 8.87. The molecule has 1 aromatic heterocycles. The first-order chi connectivity index (χ1) is 6.99. The molecule has 0 amide bonds. The minimum atomic E-state index is -2.99. The van der Waals surface area contributed by atoms with Gasteiger partial charge in [0.15, 0.2) is 0 Å². The Balaban J connectivity index is 3.44. The Hall–Kier alpha value is -1.31. The summed E-state index contributed by atoms with van der Waals surface area (Å²) in [6, 6.07) is 0. The van der Waals surface area contributed by atoms with Crippen molar-refractivity contribution in [1.82, 2.24) is 4.98 Å². The summed E-state index contributed by atoms with van der Waals surface area (Å²) in [5.41, 5.74) is 3.65. The molecular weight excluding hydrogens is 276 g/mol. The third-order valence-electron chi connectivity index (χ3n) is 1.76. The zero-order valence-electron chi connectivity index (χ0n) is 7.28. The van der Waals surface area contributed by atoms with E-state index in [1.807, 2.05) is 0 Å². The van der Waals surface area contributed by atoms with Crippen molar-refractivity contribution in [2.75, 3.05) is 5.73 Å². The molecule has 0 radical (unpaired) electrons. The fraction of sp³-hybridized carbons (Fsp3) is 0.286. The molecule has 0 aromatic carbocycles. The number of nitrogens with zero attached hydrogens (tertiary/aromatic N) is 2. The minimum absolute atomic E-state index is 0.163. The highest BCUT2D eigenvalue weighted by Crippen LogP contribution is 2.35. The largest absolute Gasteiger partial charge is 0.397 e. The van der Waals surface area contributed by atoms with Crippen LogP contribution in [0, 0.1) is 10.1 Å². The molecule has 0 saturated carbocycles. The van der Waals surface area contributed by atoms with Gasteiger partial charge in [-0.1, -0.05) is 15.9 Å². The maximum Gasteiger partial charge on any atom is 0.298 e. The summed E-state index contributed by atoms with van der Waals surface area (Å²) >= 11 is 3.00. The fourth-order valence-electron chi connectivity index (χ4n) is 1.05. The van der Waals surface area contributed by atoms with Gasteiger partial charge in [0, 0.05) is 5.33 Å². The van der Waals surface area contributed by atoms with E-state index in [9.17, 15) is 18.9 Å². The molecule has 82 valence electrons. The van der Waals surface area contributed by atoms with Gasteiger partial charge in [-0.3, -0.25) is 15.1 Å². The first kappa shape index (κ1) is 11.8. The van der Waals surface area contributed by atoms with Crippen molar-refractivity contribution in [3.63, 3.8) is 0 Å². The maximum atomic E-state index is 12.5. The standard InChI is InChI=1S/C7H6BrF2N3O2/c8-1-3-6(11)5(7(9)10)4(2-12-3)13(14)15/h2,7H,1,11H2. The average Bonchev–Trinajstić information content (AvgIpc) is 2.16. The van der Waals surface area contributed by atoms with Crippen molar-refractivity contribution in [1.29, 1.82) is 0 Å². The van der Waals surface area contributed by atoms with Gasteiger partial charge in [0.1, 0.15) is 11.8 Å². The number of hydrogen-bond acceptors (Lipinski definition) is 4. The summed E-state index contributed by atoms with van der Waals surface area (Å²) < 4.78 is 25.1. The van der Waals surface area contributed by atoms with E-state index in [1.54, 1.807) is 0 Å². The Kier molecular flexibility index (Phi) is 3.51. The van der Waals surface area contributed by atoms with Crippen LogP contribution in [0.15, 0.2) is 6.20 Å². The van der Waals surface area contributed by atoms with E-state index in [0.29, 0.717) is 0 Å². The van der Waals surface area contributed by atoms with Crippen LogP contribution in [0.25, 0.3) is 0 Å². The molecule has 0 bridgehead atoms. The number of alkyl halides is 3. The highest BCUT2D eigenvalue weighted by molar-refractivity contribution is 9.08. The smallest absolute Gasteiger partial charge is 0.298 e. The van der Waals surface area contributed by atoms with Crippen molar-refractivity contribution < 1.29 is 13.7 Å². The summed E-state index contributed by atoms with van der Waals surface area (Å²) in [4.78, 5) is 13.1. The Morgan fingerprint density at radius 1 is 1.67 bits per heavy atom. The summed E-state index contributed by atoms with van der Waals surface area (Å²) in [6.45, 7) is 0. The maximum absolute atomic E-state index is 12.5. The highest BCUT2D eigenvalue weighted by atomic mass is 79.9. The summed E-state index contributed by atoms with van der Waals surface area (Å²) in [6.07, 6.45) is -2.21. The van der Waals surface area contributed by atoms with Crippen molar-refractivity contribution in [2.24, 2.45) is 0 Å². The zero-order chi connectivity index (χ0) is 11.6. The molecular formula is C7H6BrF2N3O2. The molecule has 0 aliphatic heterocycles. The highest BCUT2D eigenvalue weighted by Gasteiger charge is 2.26. The van der Waals surface area contributed by atoms with Gasteiger partial charge >= 0.3 is 0 Å². The van der Waals surface area contributed by atoms with Gasteiger partial charge < -0.3 is 5.73 Å². The molecule has 1 rings (SSSR count). The van der Waals surface area contributed by atoms with E-state index in [4.69, 9.17) is 5.73 Å². The first-order valence-electron chi connectivity index (χ1n) is 3.74. The van der Waals surface area contributed by atoms with Crippen LogP contribution in [0.3, 0.4) is 0 Å². The molecule has 5 nitrogen and oxygen atoms in total. The molecule has 1 heterocycles. The molecule has 0 aliphatic rings. The van der Waals surface area contributed by atoms with Gasteiger partial charge in [-0.15, -0.1) is 0 Å². The van der Waals surface area contributed by atoms with Crippen molar-refractivity contribution >= 4 is 27.3 Å². The second kappa shape index (κ2) is 4.47. The molecule has 0 fully saturated rings. The third kappa shape index (κ3) is 2.20. The van der Waals surface area contributed by atoms with Crippen molar-refractivity contribution in [3.8, 4) is 0 Å². The summed E-state index contributed by atoms with van der Waals surface area (Å²) in [7, 11) is 0. The van der Waals surface area contributed by atoms with E-state index in [-0.39, 0.29) is 16.7 Å². The van der Waals surface area contributed by atoms with Gasteiger partial charge in [-0.2, -0.15) is 0 Å². The van der Waals surface area contributed by atoms with E-state index in [2.05, 4.69) is 20.9 Å². The molecule has 0 aliphatic carbocycles. The Labute approximate surface area is 91.6 Å². The van der Waals surface area contributed by atoms with Crippen LogP contribution >= 0.6 is 15.9 Å². The fourth-order valence-corrected chi connectivity index (χ4v) is 1.50. The second-order valence-corrected chi connectivity index (χ2v) is 3.17. The lowest BCUT2D eigenvalue weighted by Gasteiger charge is -2.07. The predicted octanol–water partition coefficient (Wildman–Crippen LogP) is 2.40.